The van der Waals surface area contributed by atoms with E-state index in [9.17, 15) is 46.0 Å². The topological polar surface area (TPSA) is 228 Å². The van der Waals surface area contributed by atoms with Crippen molar-refractivity contribution in [2.75, 3.05) is 20.3 Å². The number of hydrogen-bond donors (Lipinski definition) is 9. The zero-order chi connectivity index (χ0) is 42.2. The van der Waals surface area contributed by atoms with E-state index in [1.807, 2.05) is 13.8 Å². The Bertz CT molecular complexity index is 1460. The molecule has 2 aliphatic heterocycles. The van der Waals surface area contributed by atoms with Gasteiger partial charge in [0, 0.05) is 18.4 Å². The van der Waals surface area contributed by atoms with Gasteiger partial charge in [-0.1, -0.05) is 64.8 Å². The lowest BCUT2D eigenvalue weighted by Gasteiger charge is -2.67. The van der Waals surface area contributed by atoms with Gasteiger partial charge in [-0.05, 0) is 86.4 Å². The number of rotatable bonds is 11. The SMILES string of the molecule is CO[C@H]1C=C2C(CC[C@H](O[C@@H]3O[C@H](CO)[C@@H](O)[C@@H](O)[C@H]3O)C2(C)C)[C@]2(C)CC[C@]3(C)C([C@H](C)C(O)C(C=C(C)C)O[C@@H]4O[C@H](CO)[C@@H](O)[C@@H](O)[C@H]4O)CC[C@@]3(C)C12. The Labute approximate surface area is 337 Å². The second kappa shape index (κ2) is 16.7. The van der Waals surface area contributed by atoms with Crippen LogP contribution in [-0.2, 0) is 23.7 Å². The normalized spacial score (nSPS) is 49.8. The summed E-state index contributed by atoms with van der Waals surface area (Å²) in [6.45, 7) is 16.3. The Morgan fingerprint density at radius 2 is 1.37 bits per heavy atom. The number of hydrogen-bond acceptors (Lipinski definition) is 14. The molecule has 5 unspecified atom stereocenters. The first-order valence-electron chi connectivity index (χ1n) is 21.1. The van der Waals surface area contributed by atoms with Gasteiger partial charge < -0.3 is 69.6 Å². The van der Waals surface area contributed by atoms with Crippen LogP contribution in [0.5, 0.6) is 0 Å². The smallest absolute Gasteiger partial charge is 0.187 e. The van der Waals surface area contributed by atoms with Gasteiger partial charge in [-0.15, -0.1) is 0 Å². The Morgan fingerprint density at radius 3 is 1.93 bits per heavy atom. The van der Waals surface area contributed by atoms with Gasteiger partial charge in [0.25, 0.3) is 0 Å². The molecule has 57 heavy (non-hydrogen) atoms. The average molecular weight is 813 g/mol. The summed E-state index contributed by atoms with van der Waals surface area (Å²) in [7, 11) is 1.77. The summed E-state index contributed by atoms with van der Waals surface area (Å²) < 4.78 is 30.6. The van der Waals surface area contributed by atoms with Gasteiger partial charge >= 0.3 is 0 Å². The number of aliphatic hydroxyl groups excluding tert-OH is 9. The molecule has 328 valence electrons. The molecule has 14 heteroatoms. The molecule has 5 fully saturated rings. The molecule has 4 aliphatic carbocycles. The lowest BCUT2D eigenvalue weighted by atomic mass is 9.38. The van der Waals surface area contributed by atoms with Gasteiger partial charge in [-0.3, -0.25) is 0 Å². The van der Waals surface area contributed by atoms with Gasteiger partial charge in [-0.2, -0.15) is 0 Å². The van der Waals surface area contributed by atoms with Gasteiger partial charge in [0.05, 0.1) is 31.5 Å². The van der Waals surface area contributed by atoms with Crippen molar-refractivity contribution in [3.63, 3.8) is 0 Å². The molecule has 0 aromatic heterocycles. The third-order valence-electron chi connectivity index (χ3n) is 16.4. The van der Waals surface area contributed by atoms with Gasteiger partial charge in [0.2, 0.25) is 0 Å². The number of ether oxygens (including phenoxy) is 5. The van der Waals surface area contributed by atoms with Gasteiger partial charge in [-0.25, -0.2) is 0 Å². The first-order chi connectivity index (χ1) is 26.6. The molecule has 0 aromatic carbocycles. The quantitative estimate of drug-likeness (QED) is 0.135. The van der Waals surface area contributed by atoms with E-state index in [4.69, 9.17) is 23.7 Å². The van der Waals surface area contributed by atoms with Crippen LogP contribution in [0, 0.1) is 45.3 Å². The molecule has 14 nitrogen and oxygen atoms in total. The summed E-state index contributed by atoms with van der Waals surface area (Å²) in [5.41, 5.74) is 1.16. The Morgan fingerprint density at radius 1 is 0.789 bits per heavy atom. The summed E-state index contributed by atoms with van der Waals surface area (Å²) in [5, 5.41) is 94.9. The third-order valence-corrected chi connectivity index (χ3v) is 16.4. The zero-order valence-electron chi connectivity index (χ0n) is 35.3. The molecule has 0 aromatic rings. The van der Waals surface area contributed by atoms with Crippen LogP contribution in [0.4, 0.5) is 0 Å². The molecular weight excluding hydrogens is 740 g/mol. The van der Waals surface area contributed by atoms with E-state index in [1.165, 1.54) is 5.57 Å². The van der Waals surface area contributed by atoms with E-state index < -0.39 is 92.2 Å². The Balaban J connectivity index is 1.25. The first kappa shape index (κ1) is 45.4. The minimum atomic E-state index is -1.59. The molecule has 0 spiro atoms. The van der Waals surface area contributed by atoms with Crippen molar-refractivity contribution in [1.82, 2.24) is 0 Å². The monoisotopic (exact) mass is 812 g/mol. The van der Waals surface area contributed by atoms with Crippen LogP contribution in [0.25, 0.3) is 0 Å². The maximum absolute atomic E-state index is 12.2. The highest BCUT2D eigenvalue weighted by molar-refractivity contribution is 5.33. The Kier molecular flexibility index (Phi) is 13.3. The minimum Gasteiger partial charge on any atom is -0.394 e. The van der Waals surface area contributed by atoms with E-state index in [0.29, 0.717) is 6.42 Å². The van der Waals surface area contributed by atoms with E-state index in [0.717, 1.165) is 37.7 Å². The lowest BCUT2D eigenvalue weighted by Crippen LogP contribution is -2.64. The molecule has 0 bridgehead atoms. The summed E-state index contributed by atoms with van der Waals surface area (Å²) in [6.07, 6.45) is -7.08. The third kappa shape index (κ3) is 7.43. The maximum Gasteiger partial charge on any atom is 0.187 e. The van der Waals surface area contributed by atoms with Gasteiger partial charge in [0.1, 0.15) is 54.9 Å². The highest BCUT2D eigenvalue weighted by atomic mass is 16.7. The van der Waals surface area contributed by atoms with Crippen LogP contribution in [0.3, 0.4) is 0 Å². The fourth-order valence-electron chi connectivity index (χ4n) is 12.8. The number of methoxy groups -OCH3 is 1. The van der Waals surface area contributed by atoms with Crippen molar-refractivity contribution < 1.29 is 69.6 Å². The largest absolute Gasteiger partial charge is 0.394 e. The van der Waals surface area contributed by atoms with Crippen molar-refractivity contribution in [1.29, 1.82) is 0 Å². The highest BCUT2D eigenvalue weighted by Crippen LogP contribution is 2.75. The second-order valence-electron chi connectivity index (χ2n) is 19.9. The fourth-order valence-corrected chi connectivity index (χ4v) is 12.8. The highest BCUT2D eigenvalue weighted by Gasteiger charge is 2.70. The molecule has 0 amide bonds. The lowest BCUT2D eigenvalue weighted by molar-refractivity contribution is -0.320. The number of aliphatic hydroxyl groups is 9. The van der Waals surface area contributed by atoms with Crippen LogP contribution in [-0.4, -0.2) is 152 Å². The van der Waals surface area contributed by atoms with Crippen LogP contribution < -0.4 is 0 Å². The first-order valence-corrected chi connectivity index (χ1v) is 21.1. The fraction of sp³-hybridized carbons (Fsp3) is 0.907. The molecular formula is C43H72O14. The second-order valence-corrected chi connectivity index (χ2v) is 19.9. The van der Waals surface area contributed by atoms with E-state index in [2.05, 4.69) is 47.6 Å². The van der Waals surface area contributed by atoms with Crippen molar-refractivity contribution in [2.24, 2.45) is 45.3 Å². The summed E-state index contributed by atoms with van der Waals surface area (Å²) in [6, 6.07) is 0. The van der Waals surface area contributed by atoms with Crippen LogP contribution in [0.2, 0.25) is 0 Å². The van der Waals surface area contributed by atoms with E-state index in [-0.39, 0.29) is 52.1 Å². The van der Waals surface area contributed by atoms with Crippen LogP contribution >= 0.6 is 0 Å². The van der Waals surface area contributed by atoms with Crippen molar-refractivity contribution in [2.45, 2.75) is 180 Å². The predicted octanol–water partition coefficient (Wildman–Crippen LogP) is 1.55. The molecule has 0 radical (unpaired) electrons. The zero-order valence-corrected chi connectivity index (χ0v) is 35.3. The van der Waals surface area contributed by atoms with Crippen molar-refractivity contribution in [3.05, 3.63) is 23.3 Å². The van der Waals surface area contributed by atoms with Crippen molar-refractivity contribution in [3.8, 4) is 0 Å². The molecule has 6 rings (SSSR count). The van der Waals surface area contributed by atoms with Crippen LogP contribution in [0.1, 0.15) is 93.9 Å². The summed E-state index contributed by atoms with van der Waals surface area (Å²) in [5.74, 6) is 0.261. The molecule has 2 heterocycles. The predicted molar refractivity (Wildman–Crippen MR) is 207 cm³/mol. The standard InChI is InChI=1S/C43H72O14/c1-20(2)16-25(54-38-35(51)33(49)31(47)27(18-44)55-38)30(46)21(3)22-12-13-43(8)37-26(53-9)17-24-23(41(37,6)14-15-42(22,43)7)10-11-29(40(24,4)5)57-39-36(52)34(50)32(48)28(19-45)56-39/h16-17,21-23,25-39,44-52H,10-15,18-19H2,1-9H3/t21-,22?,23?,25?,26-,27+,28+,29-,30?,31+,32+,33+,34+,35+,36+,37?,38+,39-,41-,42+,43-/m0/s1. The number of fused-ring (bicyclic) bond motifs is 5. The number of allylic oxidation sites excluding steroid dienone is 1. The Hall–Kier alpha value is -1.08. The molecule has 21 atom stereocenters. The summed E-state index contributed by atoms with van der Waals surface area (Å²) >= 11 is 0. The van der Waals surface area contributed by atoms with Crippen LogP contribution in [0.15, 0.2) is 23.3 Å². The van der Waals surface area contributed by atoms with Crippen molar-refractivity contribution >= 4 is 0 Å². The van der Waals surface area contributed by atoms with E-state index >= 15 is 0 Å². The molecule has 9 N–H and O–H groups in total. The van der Waals surface area contributed by atoms with Gasteiger partial charge in [0.15, 0.2) is 12.6 Å². The molecule has 6 aliphatic rings. The molecule has 3 saturated carbocycles. The average Bonchev–Trinajstić information content (AvgIpc) is 3.44. The van der Waals surface area contributed by atoms with E-state index in [1.54, 1.807) is 13.2 Å². The molecule has 2 saturated heterocycles. The maximum atomic E-state index is 12.2. The minimum absolute atomic E-state index is 0.107. The summed E-state index contributed by atoms with van der Waals surface area (Å²) in [4.78, 5) is 0.